The number of aromatic hydroxyl groups is 1. The average molecular weight is 413 g/mol. The van der Waals surface area contributed by atoms with Gasteiger partial charge < -0.3 is 14.8 Å². The van der Waals surface area contributed by atoms with Crippen LogP contribution in [-0.2, 0) is 18.3 Å². The molecule has 1 unspecified atom stereocenters. The molecule has 31 heavy (non-hydrogen) atoms. The summed E-state index contributed by atoms with van der Waals surface area (Å²) in [5.74, 6) is 2.61. The van der Waals surface area contributed by atoms with Crippen molar-refractivity contribution in [2.24, 2.45) is 0 Å². The van der Waals surface area contributed by atoms with E-state index in [1.165, 1.54) is 40.3 Å². The lowest BCUT2D eigenvalue weighted by Crippen LogP contribution is -2.23. The number of hydrogen-bond acceptors (Lipinski definition) is 3. The summed E-state index contributed by atoms with van der Waals surface area (Å²) in [6.45, 7) is 7.67. The molecule has 2 heterocycles. The van der Waals surface area contributed by atoms with Crippen LogP contribution in [0.15, 0.2) is 36.4 Å². The lowest BCUT2D eigenvalue weighted by atomic mass is 9.71. The molecular weight excluding hydrogens is 384 g/mol. The first-order chi connectivity index (χ1) is 14.9. The third kappa shape index (κ3) is 2.77. The molecule has 158 valence electrons. The highest BCUT2D eigenvalue weighted by Crippen LogP contribution is 2.49. The van der Waals surface area contributed by atoms with Gasteiger partial charge in [-0.2, -0.15) is 0 Å². The van der Waals surface area contributed by atoms with Crippen molar-refractivity contribution in [2.75, 3.05) is 6.61 Å². The summed E-state index contributed by atoms with van der Waals surface area (Å²) in [5.41, 5.74) is 7.72. The van der Waals surface area contributed by atoms with E-state index >= 15 is 0 Å². The topological polar surface area (TPSA) is 58.1 Å². The van der Waals surface area contributed by atoms with Gasteiger partial charge in [0.25, 0.3) is 0 Å². The number of phenols is 1. The second-order valence-electron chi connectivity index (χ2n) is 9.96. The van der Waals surface area contributed by atoms with Gasteiger partial charge in [-0.1, -0.05) is 45.0 Å². The first-order valence-electron chi connectivity index (χ1n) is 11.3. The zero-order valence-electron chi connectivity index (χ0n) is 18.4. The minimum Gasteiger partial charge on any atom is -0.508 e. The number of rotatable bonds is 2. The van der Waals surface area contributed by atoms with Gasteiger partial charge in [0.1, 0.15) is 17.3 Å². The van der Waals surface area contributed by atoms with Crippen molar-refractivity contribution in [3.05, 3.63) is 64.5 Å². The van der Waals surface area contributed by atoms with Gasteiger partial charge in [0, 0.05) is 28.7 Å². The van der Waals surface area contributed by atoms with Crippen molar-refractivity contribution in [1.29, 1.82) is 0 Å². The zero-order valence-corrected chi connectivity index (χ0v) is 18.4. The van der Waals surface area contributed by atoms with E-state index in [9.17, 15) is 5.11 Å². The number of nitrogens with one attached hydrogen (secondary N) is 1. The maximum atomic E-state index is 9.61. The molecule has 0 fully saturated rings. The fourth-order valence-electron chi connectivity index (χ4n) is 5.70. The quantitative estimate of drug-likeness (QED) is 0.417. The first kappa shape index (κ1) is 18.7. The number of fused-ring (bicyclic) bond motifs is 8. The molecule has 1 aromatic heterocycles. The van der Waals surface area contributed by atoms with E-state index in [-0.39, 0.29) is 11.2 Å². The SMILES string of the molecule is CC1COc2c1c1nc(Cc3ccc(O)cc3)[nH]c1c1c3c(ccc21)C(C)(C)CCC3. The number of benzene rings is 3. The summed E-state index contributed by atoms with van der Waals surface area (Å²) >= 11 is 0. The number of aryl methyl sites for hydroxylation is 1. The van der Waals surface area contributed by atoms with Gasteiger partial charge in [-0.25, -0.2) is 4.98 Å². The third-order valence-corrected chi connectivity index (χ3v) is 7.30. The molecular formula is C27H28N2O2. The average Bonchev–Trinajstić information content (AvgIpc) is 3.32. The number of imidazole rings is 1. The largest absolute Gasteiger partial charge is 0.508 e. The molecule has 2 aliphatic rings. The highest BCUT2D eigenvalue weighted by molar-refractivity contribution is 6.12. The van der Waals surface area contributed by atoms with E-state index in [0.29, 0.717) is 18.9 Å². The normalized spacial score (nSPS) is 19.4. The van der Waals surface area contributed by atoms with Crippen LogP contribution in [0.5, 0.6) is 11.5 Å². The molecule has 1 atom stereocenters. The fourth-order valence-corrected chi connectivity index (χ4v) is 5.70. The minimum atomic E-state index is 0.191. The Morgan fingerprint density at radius 2 is 1.97 bits per heavy atom. The summed E-state index contributed by atoms with van der Waals surface area (Å²) < 4.78 is 6.23. The minimum absolute atomic E-state index is 0.191. The summed E-state index contributed by atoms with van der Waals surface area (Å²) in [4.78, 5) is 8.79. The summed E-state index contributed by atoms with van der Waals surface area (Å²) in [6.07, 6.45) is 4.25. The zero-order chi connectivity index (χ0) is 21.3. The number of hydrogen-bond donors (Lipinski definition) is 2. The fraction of sp³-hybridized carbons (Fsp3) is 0.370. The van der Waals surface area contributed by atoms with Crippen molar-refractivity contribution in [3.8, 4) is 11.5 Å². The molecule has 0 saturated carbocycles. The van der Waals surface area contributed by atoms with Gasteiger partial charge in [-0.15, -0.1) is 0 Å². The number of aromatic nitrogens is 2. The van der Waals surface area contributed by atoms with Crippen molar-refractivity contribution in [3.63, 3.8) is 0 Å². The van der Waals surface area contributed by atoms with Gasteiger partial charge in [-0.05, 0) is 53.5 Å². The number of ether oxygens (including phenoxy) is 1. The molecule has 0 amide bonds. The highest BCUT2D eigenvalue weighted by atomic mass is 16.5. The van der Waals surface area contributed by atoms with Crippen LogP contribution in [0.4, 0.5) is 0 Å². The van der Waals surface area contributed by atoms with E-state index in [0.717, 1.165) is 34.6 Å². The maximum Gasteiger partial charge on any atom is 0.133 e. The second-order valence-corrected chi connectivity index (χ2v) is 9.96. The molecule has 1 aliphatic heterocycles. The third-order valence-electron chi connectivity index (χ3n) is 7.30. The van der Waals surface area contributed by atoms with E-state index < -0.39 is 0 Å². The Bertz CT molecular complexity index is 1330. The molecule has 4 heteroatoms. The Morgan fingerprint density at radius 1 is 1.16 bits per heavy atom. The molecule has 1 aliphatic carbocycles. The van der Waals surface area contributed by atoms with Gasteiger partial charge >= 0.3 is 0 Å². The van der Waals surface area contributed by atoms with Crippen molar-refractivity contribution < 1.29 is 9.84 Å². The van der Waals surface area contributed by atoms with E-state index in [1.807, 2.05) is 12.1 Å². The predicted molar refractivity (Wildman–Crippen MR) is 124 cm³/mol. The standard InChI is InChI=1S/C27H28N2O2/c1-15-14-31-26-19-10-11-20-18(5-4-12-27(20,2)3)23(19)25-24(22(15)26)28-21(29-25)13-16-6-8-17(30)9-7-16/h6-11,15,30H,4-5,12-14H2,1-3H3,(H,28,29). The lowest BCUT2D eigenvalue weighted by molar-refractivity contribution is 0.340. The molecule has 6 rings (SSSR count). The van der Waals surface area contributed by atoms with Crippen LogP contribution >= 0.6 is 0 Å². The second kappa shape index (κ2) is 6.49. The number of aromatic amines is 1. The summed E-state index contributed by atoms with van der Waals surface area (Å²) in [7, 11) is 0. The molecule has 4 aromatic rings. The van der Waals surface area contributed by atoms with Crippen molar-refractivity contribution in [2.45, 2.75) is 57.8 Å². The van der Waals surface area contributed by atoms with Crippen LogP contribution in [0.25, 0.3) is 21.8 Å². The van der Waals surface area contributed by atoms with Gasteiger partial charge in [-0.3, -0.25) is 0 Å². The predicted octanol–water partition coefficient (Wildman–Crippen LogP) is 6.12. The molecule has 0 radical (unpaired) electrons. The van der Waals surface area contributed by atoms with Gasteiger partial charge in [0.05, 0.1) is 17.6 Å². The lowest BCUT2D eigenvalue weighted by Gasteiger charge is -2.33. The Hall–Kier alpha value is -3.01. The number of phenolic OH excluding ortho intramolecular Hbond substituents is 1. The van der Waals surface area contributed by atoms with Crippen LogP contribution in [0, 0.1) is 0 Å². The Morgan fingerprint density at radius 3 is 2.77 bits per heavy atom. The Kier molecular flexibility index (Phi) is 3.92. The summed E-state index contributed by atoms with van der Waals surface area (Å²) in [6, 6.07) is 12.0. The monoisotopic (exact) mass is 412 g/mol. The molecule has 0 spiro atoms. The highest BCUT2D eigenvalue weighted by Gasteiger charge is 2.33. The van der Waals surface area contributed by atoms with E-state index in [2.05, 4.69) is 37.9 Å². The van der Waals surface area contributed by atoms with Crippen molar-refractivity contribution >= 4 is 21.8 Å². The smallest absolute Gasteiger partial charge is 0.133 e. The van der Waals surface area contributed by atoms with Crippen LogP contribution in [-0.4, -0.2) is 21.7 Å². The molecule has 0 bridgehead atoms. The number of nitrogens with zero attached hydrogens (tertiary/aromatic N) is 1. The Balaban J connectivity index is 1.63. The van der Waals surface area contributed by atoms with Gasteiger partial charge in [0.15, 0.2) is 0 Å². The number of H-pyrrole nitrogens is 1. The van der Waals surface area contributed by atoms with E-state index in [1.54, 1.807) is 12.1 Å². The van der Waals surface area contributed by atoms with Gasteiger partial charge in [0.2, 0.25) is 0 Å². The molecule has 3 aromatic carbocycles. The molecule has 4 nitrogen and oxygen atoms in total. The van der Waals surface area contributed by atoms with Crippen molar-refractivity contribution in [1.82, 2.24) is 9.97 Å². The maximum absolute atomic E-state index is 9.61. The van der Waals surface area contributed by atoms with Crippen LogP contribution in [0.2, 0.25) is 0 Å². The summed E-state index contributed by atoms with van der Waals surface area (Å²) in [5, 5.41) is 12.1. The van der Waals surface area contributed by atoms with Crippen LogP contribution in [0.1, 0.15) is 67.6 Å². The first-order valence-corrected chi connectivity index (χ1v) is 11.3. The van der Waals surface area contributed by atoms with E-state index in [4.69, 9.17) is 9.72 Å². The molecule has 2 N–H and O–H groups in total. The molecule has 0 saturated heterocycles. The van der Waals surface area contributed by atoms with Crippen LogP contribution in [0.3, 0.4) is 0 Å². The Labute approximate surface area is 182 Å². The van der Waals surface area contributed by atoms with Crippen LogP contribution < -0.4 is 4.74 Å².